The molecule has 1 unspecified atom stereocenters. The molecule has 0 saturated heterocycles. The van der Waals surface area contributed by atoms with Crippen LogP contribution in [-0.4, -0.2) is 42.8 Å². The van der Waals surface area contributed by atoms with Gasteiger partial charge in [-0.15, -0.1) is 0 Å². The first-order valence-electron chi connectivity index (χ1n) is 8.04. The van der Waals surface area contributed by atoms with Crippen molar-refractivity contribution in [1.29, 1.82) is 0 Å². The zero-order valence-electron chi connectivity index (χ0n) is 14.8. The summed E-state index contributed by atoms with van der Waals surface area (Å²) in [6, 6.07) is 6.86. The molecule has 0 spiro atoms. The van der Waals surface area contributed by atoms with Crippen molar-refractivity contribution in [2.45, 2.75) is 39.2 Å². The molecular formula is C18H27NO5. The Bertz CT molecular complexity index is 558. The number of carbonyl (C=O) groups excluding carboxylic acids is 1. The molecule has 0 fully saturated rings. The van der Waals surface area contributed by atoms with E-state index in [0.717, 1.165) is 6.42 Å². The average molecular weight is 337 g/mol. The van der Waals surface area contributed by atoms with Gasteiger partial charge in [0.1, 0.15) is 5.75 Å². The van der Waals surface area contributed by atoms with Crippen LogP contribution in [0.2, 0.25) is 0 Å². The summed E-state index contributed by atoms with van der Waals surface area (Å²) in [4.78, 5) is 23.6. The molecule has 1 amide bonds. The maximum atomic E-state index is 12.5. The molecule has 0 radical (unpaired) electrons. The number of ether oxygens (including phenoxy) is 2. The maximum absolute atomic E-state index is 12.5. The van der Waals surface area contributed by atoms with Crippen molar-refractivity contribution in [2.75, 3.05) is 20.3 Å². The van der Waals surface area contributed by atoms with Gasteiger partial charge < -0.3 is 19.9 Å². The summed E-state index contributed by atoms with van der Waals surface area (Å²) in [6.45, 7) is 6.63. The highest BCUT2D eigenvalue weighted by molar-refractivity contribution is 5.95. The third kappa shape index (κ3) is 6.20. The fraction of sp³-hybridized carbons (Fsp3) is 0.556. The van der Waals surface area contributed by atoms with Crippen LogP contribution >= 0.6 is 0 Å². The summed E-state index contributed by atoms with van der Waals surface area (Å²) in [6.07, 6.45) is 0.626. The number of benzene rings is 1. The molecule has 0 aliphatic carbocycles. The molecule has 0 aliphatic heterocycles. The van der Waals surface area contributed by atoms with E-state index in [-0.39, 0.29) is 18.2 Å². The van der Waals surface area contributed by atoms with E-state index >= 15 is 0 Å². The number of hydrogen-bond donors (Lipinski definition) is 2. The van der Waals surface area contributed by atoms with Gasteiger partial charge in [-0.05, 0) is 31.0 Å². The number of amides is 1. The summed E-state index contributed by atoms with van der Waals surface area (Å²) < 4.78 is 10.5. The van der Waals surface area contributed by atoms with Crippen LogP contribution in [0, 0.1) is 5.92 Å². The van der Waals surface area contributed by atoms with Crippen molar-refractivity contribution in [3.05, 3.63) is 29.8 Å². The van der Waals surface area contributed by atoms with Gasteiger partial charge in [-0.1, -0.05) is 19.9 Å². The fourth-order valence-electron chi connectivity index (χ4n) is 2.16. The molecule has 134 valence electrons. The van der Waals surface area contributed by atoms with E-state index in [0.29, 0.717) is 24.5 Å². The quantitative estimate of drug-likeness (QED) is 0.641. The molecule has 0 aromatic heterocycles. The second-order valence-corrected chi connectivity index (χ2v) is 6.32. The van der Waals surface area contributed by atoms with Crippen molar-refractivity contribution in [2.24, 2.45) is 5.92 Å². The van der Waals surface area contributed by atoms with Crippen LogP contribution in [0.1, 0.15) is 44.0 Å². The van der Waals surface area contributed by atoms with Gasteiger partial charge in [-0.2, -0.15) is 0 Å². The highest BCUT2D eigenvalue weighted by Gasteiger charge is 2.33. The second kappa shape index (κ2) is 9.27. The maximum Gasteiger partial charge on any atom is 0.305 e. The number of methoxy groups -OCH3 is 1. The van der Waals surface area contributed by atoms with Gasteiger partial charge in [0.2, 0.25) is 0 Å². The molecule has 1 aromatic carbocycles. The molecule has 1 atom stereocenters. The monoisotopic (exact) mass is 337 g/mol. The van der Waals surface area contributed by atoms with E-state index in [1.807, 2.05) is 13.8 Å². The predicted molar refractivity (Wildman–Crippen MR) is 91.4 cm³/mol. The average Bonchev–Trinajstić information content (AvgIpc) is 2.51. The molecule has 24 heavy (non-hydrogen) atoms. The van der Waals surface area contributed by atoms with E-state index in [9.17, 15) is 9.59 Å². The van der Waals surface area contributed by atoms with Gasteiger partial charge in [0, 0.05) is 25.7 Å². The van der Waals surface area contributed by atoms with Crippen molar-refractivity contribution in [1.82, 2.24) is 5.32 Å². The van der Waals surface area contributed by atoms with Gasteiger partial charge >= 0.3 is 5.97 Å². The van der Waals surface area contributed by atoms with Crippen molar-refractivity contribution < 1.29 is 24.2 Å². The Kier molecular flexibility index (Phi) is 7.71. The van der Waals surface area contributed by atoms with Crippen LogP contribution in [-0.2, 0) is 9.53 Å². The lowest BCUT2D eigenvalue weighted by Crippen LogP contribution is -2.51. The number of hydrogen-bond acceptors (Lipinski definition) is 4. The number of carboxylic acids is 1. The lowest BCUT2D eigenvalue weighted by Gasteiger charge is -2.33. The first kappa shape index (κ1) is 20.0. The molecule has 1 rings (SSSR count). The topological polar surface area (TPSA) is 84.9 Å². The lowest BCUT2D eigenvalue weighted by atomic mass is 9.85. The largest absolute Gasteiger partial charge is 0.493 e. The van der Waals surface area contributed by atoms with Crippen molar-refractivity contribution in [3.8, 4) is 5.75 Å². The number of aliphatic carboxylic acids is 1. The van der Waals surface area contributed by atoms with Crippen LogP contribution < -0.4 is 10.1 Å². The minimum absolute atomic E-state index is 0.0222. The van der Waals surface area contributed by atoms with Crippen LogP contribution in [0.15, 0.2) is 24.3 Å². The highest BCUT2D eigenvalue weighted by Crippen LogP contribution is 2.22. The summed E-state index contributed by atoms with van der Waals surface area (Å²) in [5, 5.41) is 11.9. The SMILES string of the molecule is COCCCOc1cccc(C(=O)NC(C)(CC(=O)O)C(C)C)c1. The number of carboxylic acid groups (broad SMARTS) is 1. The Morgan fingerprint density at radius 2 is 2.00 bits per heavy atom. The zero-order valence-corrected chi connectivity index (χ0v) is 14.8. The molecule has 0 saturated carbocycles. The standard InChI is InChI=1S/C18H27NO5/c1-13(2)18(3,12-16(20)21)19-17(22)14-7-5-8-15(11-14)24-10-6-9-23-4/h5,7-8,11,13H,6,9-10,12H2,1-4H3,(H,19,22)(H,20,21). The first-order chi connectivity index (χ1) is 11.3. The van der Waals surface area contributed by atoms with Gasteiger partial charge in [-0.25, -0.2) is 0 Å². The van der Waals surface area contributed by atoms with Crippen LogP contribution in [0.5, 0.6) is 5.75 Å². The van der Waals surface area contributed by atoms with Crippen LogP contribution in [0.25, 0.3) is 0 Å². The molecule has 0 aliphatic rings. The molecule has 0 heterocycles. The Morgan fingerprint density at radius 3 is 2.58 bits per heavy atom. The van der Waals surface area contributed by atoms with Gasteiger partial charge in [0.15, 0.2) is 0 Å². The van der Waals surface area contributed by atoms with Gasteiger partial charge in [0.25, 0.3) is 5.91 Å². The van der Waals surface area contributed by atoms with E-state index < -0.39 is 11.5 Å². The molecule has 1 aromatic rings. The lowest BCUT2D eigenvalue weighted by molar-refractivity contribution is -0.138. The summed E-state index contributed by atoms with van der Waals surface area (Å²) in [5.74, 6) is -0.675. The molecular weight excluding hydrogens is 310 g/mol. The summed E-state index contributed by atoms with van der Waals surface area (Å²) >= 11 is 0. The Hall–Kier alpha value is -2.08. The van der Waals surface area contributed by atoms with Gasteiger partial charge in [0.05, 0.1) is 18.6 Å². The molecule has 2 N–H and O–H groups in total. The zero-order chi connectivity index (χ0) is 18.2. The van der Waals surface area contributed by atoms with Crippen LogP contribution in [0.4, 0.5) is 0 Å². The Labute approximate surface area is 143 Å². The molecule has 6 heteroatoms. The third-order valence-electron chi connectivity index (χ3n) is 4.05. The molecule has 6 nitrogen and oxygen atoms in total. The predicted octanol–water partition coefficient (Wildman–Crippen LogP) is 2.72. The summed E-state index contributed by atoms with van der Waals surface area (Å²) in [5.41, 5.74) is -0.380. The van der Waals surface area contributed by atoms with E-state index in [2.05, 4.69) is 5.32 Å². The number of nitrogens with one attached hydrogen (secondary N) is 1. The van der Waals surface area contributed by atoms with Gasteiger partial charge in [-0.3, -0.25) is 9.59 Å². The highest BCUT2D eigenvalue weighted by atomic mass is 16.5. The van der Waals surface area contributed by atoms with E-state index in [1.54, 1.807) is 38.3 Å². The van der Waals surface area contributed by atoms with E-state index in [1.165, 1.54) is 0 Å². The minimum atomic E-state index is -0.943. The first-order valence-corrected chi connectivity index (χ1v) is 8.04. The van der Waals surface area contributed by atoms with Crippen molar-refractivity contribution >= 4 is 11.9 Å². The smallest absolute Gasteiger partial charge is 0.305 e. The Morgan fingerprint density at radius 1 is 1.29 bits per heavy atom. The van der Waals surface area contributed by atoms with Crippen LogP contribution in [0.3, 0.4) is 0 Å². The normalized spacial score (nSPS) is 13.4. The minimum Gasteiger partial charge on any atom is -0.493 e. The number of rotatable bonds is 10. The van der Waals surface area contributed by atoms with E-state index in [4.69, 9.17) is 14.6 Å². The Balaban J connectivity index is 2.77. The van der Waals surface area contributed by atoms with Crippen molar-refractivity contribution in [3.63, 3.8) is 0 Å². The fourth-order valence-corrected chi connectivity index (χ4v) is 2.16. The summed E-state index contributed by atoms with van der Waals surface area (Å²) in [7, 11) is 1.63. The molecule has 0 bridgehead atoms. The second-order valence-electron chi connectivity index (χ2n) is 6.32. The third-order valence-corrected chi connectivity index (χ3v) is 4.05. The number of carbonyl (C=O) groups is 2.